The molecule has 126 valence electrons. The third kappa shape index (κ3) is 3.76. The van der Waals surface area contributed by atoms with Crippen molar-refractivity contribution >= 4 is 5.91 Å². The highest BCUT2D eigenvalue weighted by Gasteiger charge is 2.22. The van der Waals surface area contributed by atoms with Gasteiger partial charge in [-0.2, -0.15) is 0 Å². The Kier molecular flexibility index (Phi) is 4.84. The number of hydrogen-bond donors (Lipinski definition) is 2. The van der Waals surface area contributed by atoms with Crippen LogP contribution in [-0.2, 0) is 11.2 Å². The zero-order chi connectivity index (χ0) is 16.9. The molecule has 1 aromatic heterocycles. The van der Waals surface area contributed by atoms with Crippen LogP contribution < -0.4 is 20.3 Å². The minimum Gasteiger partial charge on any atom is -0.497 e. The van der Waals surface area contributed by atoms with Crippen LogP contribution in [0.5, 0.6) is 11.5 Å². The first-order valence-corrected chi connectivity index (χ1v) is 7.94. The first kappa shape index (κ1) is 16.1. The zero-order valence-corrected chi connectivity index (χ0v) is 13.5. The van der Waals surface area contributed by atoms with Crippen LogP contribution in [0.1, 0.15) is 30.1 Å². The molecule has 1 atom stereocenters. The summed E-state index contributed by atoms with van der Waals surface area (Å²) in [5, 5.41) is 2.98. The molecule has 6 heteroatoms. The van der Waals surface area contributed by atoms with Crippen molar-refractivity contribution in [2.24, 2.45) is 0 Å². The summed E-state index contributed by atoms with van der Waals surface area (Å²) in [6.45, 7) is -0.0541. The Balaban J connectivity index is 1.58. The van der Waals surface area contributed by atoms with Crippen molar-refractivity contribution in [3.8, 4) is 11.5 Å². The molecule has 1 amide bonds. The fourth-order valence-corrected chi connectivity index (χ4v) is 2.91. The molecule has 0 radical (unpaired) electrons. The summed E-state index contributed by atoms with van der Waals surface area (Å²) in [6, 6.07) is 10.3. The van der Waals surface area contributed by atoms with E-state index in [1.54, 1.807) is 37.4 Å². The lowest BCUT2D eigenvalue weighted by Crippen LogP contribution is -2.35. The van der Waals surface area contributed by atoms with Gasteiger partial charge in [0.15, 0.2) is 6.61 Å². The highest BCUT2D eigenvalue weighted by molar-refractivity contribution is 5.78. The Hall–Kier alpha value is -2.76. The van der Waals surface area contributed by atoms with Gasteiger partial charge in [-0.15, -0.1) is 0 Å². The summed E-state index contributed by atoms with van der Waals surface area (Å²) in [6.07, 6.45) is 2.62. The predicted octanol–water partition coefficient (Wildman–Crippen LogP) is 1.96. The van der Waals surface area contributed by atoms with Crippen molar-refractivity contribution in [1.29, 1.82) is 0 Å². The molecule has 0 spiro atoms. The Morgan fingerprint density at radius 3 is 2.71 bits per heavy atom. The normalized spacial score (nSPS) is 16.1. The third-order valence-corrected chi connectivity index (χ3v) is 4.10. The molecule has 3 rings (SSSR count). The summed E-state index contributed by atoms with van der Waals surface area (Å²) >= 11 is 0. The van der Waals surface area contributed by atoms with Gasteiger partial charge in [-0.3, -0.25) is 9.59 Å². The number of aryl methyl sites for hydroxylation is 1. The van der Waals surface area contributed by atoms with Gasteiger partial charge >= 0.3 is 0 Å². The van der Waals surface area contributed by atoms with E-state index in [0.717, 1.165) is 36.3 Å². The van der Waals surface area contributed by atoms with Gasteiger partial charge in [-0.1, -0.05) is 0 Å². The van der Waals surface area contributed by atoms with Gasteiger partial charge in [-0.25, -0.2) is 0 Å². The molecule has 1 heterocycles. The summed E-state index contributed by atoms with van der Waals surface area (Å²) < 4.78 is 10.6. The van der Waals surface area contributed by atoms with Gasteiger partial charge < -0.3 is 19.8 Å². The first-order chi connectivity index (χ1) is 11.7. The third-order valence-electron chi connectivity index (χ3n) is 4.10. The molecule has 0 bridgehead atoms. The Morgan fingerprint density at radius 2 is 1.96 bits per heavy atom. The number of benzene rings is 1. The number of carbonyl (C=O) groups is 1. The number of hydrogen-bond acceptors (Lipinski definition) is 4. The standard InChI is InChI=1S/C18H20N2O4/c1-23-12-5-7-13(8-6-12)24-11-18(22)20-16-4-2-3-15-14(16)9-10-17(21)19-15/h5-10,16H,2-4,11H2,1H3,(H,19,21)(H,20,22). The molecule has 1 aliphatic rings. The number of amides is 1. The maximum Gasteiger partial charge on any atom is 0.258 e. The van der Waals surface area contributed by atoms with Gasteiger partial charge in [0, 0.05) is 11.8 Å². The molecular weight excluding hydrogens is 308 g/mol. The minimum absolute atomic E-state index is 0.0541. The largest absolute Gasteiger partial charge is 0.497 e. The van der Waals surface area contributed by atoms with Gasteiger partial charge in [0.2, 0.25) is 5.56 Å². The summed E-state index contributed by atoms with van der Waals surface area (Å²) in [7, 11) is 1.60. The second-order valence-corrected chi connectivity index (χ2v) is 5.73. The van der Waals surface area contributed by atoms with Gasteiger partial charge in [0.1, 0.15) is 11.5 Å². The molecule has 6 nitrogen and oxygen atoms in total. The number of fused-ring (bicyclic) bond motifs is 1. The molecular formula is C18H20N2O4. The fraction of sp³-hybridized carbons (Fsp3) is 0.333. The number of H-pyrrole nitrogens is 1. The number of rotatable bonds is 5. The van der Waals surface area contributed by atoms with Crippen LogP contribution in [0.3, 0.4) is 0 Å². The smallest absolute Gasteiger partial charge is 0.258 e. The molecule has 1 aromatic carbocycles. The quantitative estimate of drug-likeness (QED) is 0.879. The topological polar surface area (TPSA) is 80.4 Å². The second-order valence-electron chi connectivity index (χ2n) is 5.73. The van der Waals surface area contributed by atoms with Crippen LogP contribution in [0.2, 0.25) is 0 Å². The number of ether oxygens (including phenoxy) is 2. The lowest BCUT2D eigenvalue weighted by molar-refractivity contribution is -0.123. The molecule has 24 heavy (non-hydrogen) atoms. The van der Waals surface area contributed by atoms with E-state index in [1.165, 1.54) is 6.07 Å². The highest BCUT2D eigenvalue weighted by atomic mass is 16.5. The lowest BCUT2D eigenvalue weighted by Gasteiger charge is -2.25. The van der Waals surface area contributed by atoms with Crippen molar-refractivity contribution < 1.29 is 14.3 Å². The molecule has 0 aliphatic heterocycles. The van der Waals surface area contributed by atoms with E-state index in [1.807, 2.05) is 0 Å². The number of nitrogens with one attached hydrogen (secondary N) is 2. The SMILES string of the molecule is COc1ccc(OCC(=O)NC2CCCc3[nH]c(=O)ccc32)cc1. The van der Waals surface area contributed by atoms with Gasteiger partial charge in [0.25, 0.3) is 5.91 Å². The fourth-order valence-electron chi connectivity index (χ4n) is 2.91. The summed E-state index contributed by atoms with van der Waals surface area (Å²) in [5.74, 6) is 1.16. The van der Waals surface area contributed by atoms with E-state index in [2.05, 4.69) is 10.3 Å². The maximum absolute atomic E-state index is 12.2. The molecule has 0 fully saturated rings. The molecule has 0 saturated carbocycles. The molecule has 2 aromatic rings. The molecule has 1 aliphatic carbocycles. The molecule has 1 unspecified atom stereocenters. The number of aromatic nitrogens is 1. The van der Waals surface area contributed by atoms with E-state index in [4.69, 9.17) is 9.47 Å². The average molecular weight is 328 g/mol. The first-order valence-electron chi connectivity index (χ1n) is 7.94. The van der Waals surface area contributed by atoms with Crippen molar-refractivity contribution in [2.45, 2.75) is 25.3 Å². The van der Waals surface area contributed by atoms with Crippen LogP contribution in [0.15, 0.2) is 41.2 Å². The zero-order valence-electron chi connectivity index (χ0n) is 13.5. The minimum atomic E-state index is -0.185. The van der Waals surface area contributed by atoms with Crippen molar-refractivity contribution in [2.75, 3.05) is 13.7 Å². The predicted molar refractivity (Wildman–Crippen MR) is 89.4 cm³/mol. The van der Waals surface area contributed by atoms with Gasteiger partial charge in [-0.05, 0) is 55.2 Å². The molecule has 2 N–H and O–H groups in total. The van der Waals surface area contributed by atoms with Gasteiger partial charge in [0.05, 0.1) is 13.2 Å². The number of methoxy groups -OCH3 is 1. The van der Waals surface area contributed by atoms with E-state index < -0.39 is 0 Å². The number of carbonyl (C=O) groups excluding carboxylic acids is 1. The number of aromatic amines is 1. The van der Waals surface area contributed by atoms with Crippen LogP contribution in [0.25, 0.3) is 0 Å². The monoisotopic (exact) mass is 328 g/mol. The maximum atomic E-state index is 12.2. The Morgan fingerprint density at radius 1 is 1.21 bits per heavy atom. The van der Waals surface area contributed by atoms with Crippen LogP contribution in [0.4, 0.5) is 0 Å². The van der Waals surface area contributed by atoms with E-state index in [9.17, 15) is 9.59 Å². The Labute approximate surface area is 139 Å². The number of pyridine rings is 1. The lowest BCUT2D eigenvalue weighted by atomic mass is 9.91. The van der Waals surface area contributed by atoms with Crippen LogP contribution >= 0.6 is 0 Å². The van der Waals surface area contributed by atoms with Crippen molar-refractivity contribution in [1.82, 2.24) is 10.3 Å². The van der Waals surface area contributed by atoms with E-state index >= 15 is 0 Å². The van der Waals surface area contributed by atoms with Crippen LogP contribution in [0, 0.1) is 0 Å². The van der Waals surface area contributed by atoms with E-state index in [-0.39, 0.29) is 24.1 Å². The Bertz CT molecular complexity index is 767. The average Bonchev–Trinajstić information content (AvgIpc) is 2.60. The summed E-state index contributed by atoms with van der Waals surface area (Å²) in [4.78, 5) is 26.4. The second kappa shape index (κ2) is 7.21. The molecule has 0 saturated heterocycles. The van der Waals surface area contributed by atoms with Crippen molar-refractivity contribution in [3.63, 3.8) is 0 Å². The van der Waals surface area contributed by atoms with E-state index in [0.29, 0.717) is 5.75 Å². The van der Waals surface area contributed by atoms with Crippen LogP contribution in [-0.4, -0.2) is 24.6 Å². The van der Waals surface area contributed by atoms with Crippen molar-refractivity contribution in [3.05, 3.63) is 58.0 Å². The highest BCUT2D eigenvalue weighted by Crippen LogP contribution is 2.27. The summed E-state index contributed by atoms with van der Waals surface area (Å²) in [5.41, 5.74) is 1.79.